The number of carbonyl (C=O) groups excluding carboxylic acids is 1. The van der Waals surface area contributed by atoms with Gasteiger partial charge in [-0.2, -0.15) is 0 Å². The Kier molecular flexibility index (Phi) is 5.64. The Labute approximate surface area is 119 Å². The van der Waals surface area contributed by atoms with E-state index in [0.717, 1.165) is 0 Å². The zero-order chi connectivity index (χ0) is 15.3. The summed E-state index contributed by atoms with van der Waals surface area (Å²) >= 11 is 0. The molecule has 0 radical (unpaired) electrons. The Morgan fingerprint density at radius 2 is 1.85 bits per heavy atom. The fraction of sp³-hybridized carbons (Fsp3) is 0.500. The van der Waals surface area contributed by atoms with E-state index in [1.165, 1.54) is 14.2 Å². The Morgan fingerprint density at radius 1 is 1.30 bits per heavy atom. The van der Waals surface area contributed by atoms with E-state index in [0.29, 0.717) is 29.3 Å². The molecule has 6 nitrogen and oxygen atoms in total. The number of carbonyl (C=O) groups is 1. The third-order valence-electron chi connectivity index (χ3n) is 3.24. The lowest BCUT2D eigenvalue weighted by Crippen LogP contribution is -2.38. The van der Waals surface area contributed by atoms with Crippen molar-refractivity contribution in [2.75, 3.05) is 40.6 Å². The molecule has 1 rings (SSSR count). The molecular formula is C14H23N3O3. The van der Waals surface area contributed by atoms with E-state index in [2.05, 4.69) is 5.32 Å². The molecule has 0 bridgehead atoms. The van der Waals surface area contributed by atoms with Crippen LogP contribution in [0.25, 0.3) is 0 Å². The van der Waals surface area contributed by atoms with Gasteiger partial charge in [0.15, 0.2) is 11.5 Å². The molecule has 0 saturated carbocycles. The standard InChI is InChI=1S/C14H23N3O3/c1-9(17(2)3)8-16-14(18)10-6-12(19-4)13(20-5)7-11(10)15/h6-7,9H,8,15H2,1-5H3,(H,16,18). The molecule has 6 heteroatoms. The van der Waals surface area contributed by atoms with Crippen LogP contribution >= 0.6 is 0 Å². The summed E-state index contributed by atoms with van der Waals surface area (Å²) in [5.74, 6) is 0.757. The average Bonchev–Trinajstić information content (AvgIpc) is 2.43. The number of nitrogens with two attached hydrogens (primary N) is 1. The highest BCUT2D eigenvalue weighted by Gasteiger charge is 2.16. The van der Waals surface area contributed by atoms with E-state index in [1.54, 1.807) is 12.1 Å². The van der Waals surface area contributed by atoms with Crippen LogP contribution in [0.2, 0.25) is 0 Å². The number of nitrogen functional groups attached to an aromatic ring is 1. The first-order chi connectivity index (χ1) is 9.40. The molecule has 1 aromatic carbocycles. The number of hydrogen-bond acceptors (Lipinski definition) is 5. The molecule has 0 aliphatic heterocycles. The Hall–Kier alpha value is -1.95. The van der Waals surface area contributed by atoms with Crippen LogP contribution in [0.1, 0.15) is 17.3 Å². The van der Waals surface area contributed by atoms with E-state index >= 15 is 0 Å². The van der Waals surface area contributed by atoms with Gasteiger partial charge in [0.2, 0.25) is 0 Å². The fourth-order valence-corrected chi connectivity index (χ4v) is 1.61. The quantitative estimate of drug-likeness (QED) is 0.760. The highest BCUT2D eigenvalue weighted by Crippen LogP contribution is 2.31. The number of methoxy groups -OCH3 is 2. The van der Waals surface area contributed by atoms with Crippen LogP contribution in [0.5, 0.6) is 11.5 Å². The summed E-state index contributed by atoms with van der Waals surface area (Å²) in [6.07, 6.45) is 0. The molecule has 0 saturated heterocycles. The molecule has 0 heterocycles. The number of nitrogens with one attached hydrogen (secondary N) is 1. The van der Waals surface area contributed by atoms with Crippen molar-refractivity contribution in [3.8, 4) is 11.5 Å². The highest BCUT2D eigenvalue weighted by atomic mass is 16.5. The van der Waals surface area contributed by atoms with Gasteiger partial charge in [0.25, 0.3) is 5.91 Å². The average molecular weight is 281 g/mol. The summed E-state index contributed by atoms with van der Waals surface area (Å²) in [6.45, 7) is 2.57. The maximum Gasteiger partial charge on any atom is 0.253 e. The van der Waals surface area contributed by atoms with Gasteiger partial charge >= 0.3 is 0 Å². The van der Waals surface area contributed by atoms with E-state index in [9.17, 15) is 4.79 Å². The summed E-state index contributed by atoms with van der Waals surface area (Å²) in [4.78, 5) is 14.2. The molecule has 20 heavy (non-hydrogen) atoms. The zero-order valence-corrected chi connectivity index (χ0v) is 12.7. The van der Waals surface area contributed by atoms with Gasteiger partial charge in [0.1, 0.15) is 0 Å². The van der Waals surface area contributed by atoms with Crippen molar-refractivity contribution < 1.29 is 14.3 Å². The van der Waals surface area contributed by atoms with E-state index in [1.807, 2.05) is 25.9 Å². The Morgan fingerprint density at radius 3 is 2.35 bits per heavy atom. The lowest BCUT2D eigenvalue weighted by Gasteiger charge is -2.20. The van der Waals surface area contributed by atoms with Gasteiger partial charge in [0, 0.05) is 24.3 Å². The van der Waals surface area contributed by atoms with Crippen molar-refractivity contribution in [1.29, 1.82) is 0 Å². The number of amides is 1. The first-order valence-electron chi connectivity index (χ1n) is 6.36. The first-order valence-corrected chi connectivity index (χ1v) is 6.36. The molecule has 1 aromatic rings. The summed E-state index contributed by atoms with van der Waals surface area (Å²) < 4.78 is 10.3. The fourth-order valence-electron chi connectivity index (χ4n) is 1.61. The second-order valence-corrected chi connectivity index (χ2v) is 4.82. The predicted molar refractivity (Wildman–Crippen MR) is 79.4 cm³/mol. The van der Waals surface area contributed by atoms with Gasteiger partial charge in [-0.25, -0.2) is 0 Å². The van der Waals surface area contributed by atoms with Crippen molar-refractivity contribution in [3.63, 3.8) is 0 Å². The molecule has 1 atom stereocenters. The van der Waals surface area contributed by atoms with Crippen LogP contribution < -0.4 is 20.5 Å². The summed E-state index contributed by atoms with van der Waals surface area (Å²) in [7, 11) is 6.96. The van der Waals surface area contributed by atoms with Gasteiger partial charge in [-0.3, -0.25) is 4.79 Å². The maximum absolute atomic E-state index is 12.2. The van der Waals surface area contributed by atoms with Gasteiger partial charge in [0.05, 0.1) is 19.8 Å². The maximum atomic E-state index is 12.2. The molecule has 0 spiro atoms. The number of nitrogens with zero attached hydrogens (tertiary/aromatic N) is 1. The molecule has 0 aromatic heterocycles. The molecule has 1 unspecified atom stereocenters. The summed E-state index contributed by atoms with van der Waals surface area (Å²) in [6, 6.07) is 3.41. The van der Waals surface area contributed by atoms with Crippen LogP contribution in [0, 0.1) is 0 Å². The molecule has 112 valence electrons. The minimum atomic E-state index is -0.225. The van der Waals surface area contributed by atoms with Gasteiger partial charge < -0.3 is 25.4 Å². The molecular weight excluding hydrogens is 258 g/mol. The van der Waals surface area contributed by atoms with Crippen molar-refractivity contribution in [2.45, 2.75) is 13.0 Å². The van der Waals surface area contributed by atoms with Crippen molar-refractivity contribution in [3.05, 3.63) is 17.7 Å². The Bertz CT molecular complexity index is 475. The van der Waals surface area contributed by atoms with Crippen LogP contribution in [-0.2, 0) is 0 Å². The molecule has 0 fully saturated rings. The van der Waals surface area contributed by atoms with Gasteiger partial charge in [-0.15, -0.1) is 0 Å². The second kappa shape index (κ2) is 7.00. The number of hydrogen-bond donors (Lipinski definition) is 2. The van der Waals surface area contributed by atoms with Crippen LogP contribution in [0.4, 0.5) is 5.69 Å². The zero-order valence-electron chi connectivity index (χ0n) is 12.7. The lowest BCUT2D eigenvalue weighted by molar-refractivity contribution is 0.0944. The number of anilines is 1. The number of rotatable bonds is 6. The number of ether oxygens (including phenoxy) is 2. The predicted octanol–water partition coefficient (Wildman–Crippen LogP) is 0.966. The van der Waals surface area contributed by atoms with Crippen molar-refractivity contribution >= 4 is 11.6 Å². The third-order valence-corrected chi connectivity index (χ3v) is 3.24. The highest BCUT2D eigenvalue weighted by molar-refractivity contribution is 6.00. The topological polar surface area (TPSA) is 76.8 Å². The van der Waals surface area contributed by atoms with Crippen LogP contribution in [-0.4, -0.2) is 51.7 Å². The first kappa shape index (κ1) is 16.1. The van der Waals surface area contributed by atoms with Crippen LogP contribution in [0.3, 0.4) is 0 Å². The summed E-state index contributed by atoms with van der Waals surface area (Å²) in [5, 5.41) is 2.85. The number of likely N-dealkylation sites (N-methyl/N-ethyl adjacent to an activating group) is 1. The van der Waals surface area contributed by atoms with Crippen LogP contribution in [0.15, 0.2) is 12.1 Å². The number of benzene rings is 1. The largest absolute Gasteiger partial charge is 0.493 e. The van der Waals surface area contributed by atoms with Crippen molar-refractivity contribution in [2.24, 2.45) is 0 Å². The van der Waals surface area contributed by atoms with Gasteiger partial charge in [-0.05, 0) is 27.1 Å². The molecule has 1 amide bonds. The normalized spacial score (nSPS) is 12.1. The lowest BCUT2D eigenvalue weighted by atomic mass is 10.1. The van der Waals surface area contributed by atoms with Gasteiger partial charge in [-0.1, -0.05) is 0 Å². The molecule has 3 N–H and O–H groups in total. The van der Waals surface area contributed by atoms with E-state index < -0.39 is 0 Å². The monoisotopic (exact) mass is 281 g/mol. The molecule has 0 aliphatic rings. The third kappa shape index (κ3) is 3.77. The van der Waals surface area contributed by atoms with E-state index in [4.69, 9.17) is 15.2 Å². The minimum absolute atomic E-state index is 0.225. The smallest absolute Gasteiger partial charge is 0.253 e. The SMILES string of the molecule is COc1cc(N)c(C(=O)NCC(C)N(C)C)cc1OC. The van der Waals surface area contributed by atoms with Crippen molar-refractivity contribution in [1.82, 2.24) is 10.2 Å². The Balaban J connectivity index is 2.88. The minimum Gasteiger partial charge on any atom is -0.493 e. The summed E-state index contributed by atoms with van der Waals surface area (Å²) in [5.41, 5.74) is 6.62. The molecule has 0 aliphatic carbocycles. The van der Waals surface area contributed by atoms with E-state index in [-0.39, 0.29) is 11.9 Å². The second-order valence-electron chi connectivity index (χ2n) is 4.82.